The van der Waals surface area contributed by atoms with E-state index in [4.69, 9.17) is 0 Å². The van der Waals surface area contributed by atoms with Crippen LogP contribution < -0.4 is 4.90 Å². The smallest absolute Gasteiger partial charge is 0.219 e. The van der Waals surface area contributed by atoms with E-state index >= 15 is 0 Å². The van der Waals surface area contributed by atoms with E-state index < -0.39 is 0 Å². The zero-order chi connectivity index (χ0) is 22.2. The third-order valence-electron chi connectivity index (χ3n) is 6.04. The van der Waals surface area contributed by atoms with Crippen LogP contribution in [0.3, 0.4) is 0 Å². The molecule has 8 nitrogen and oxygen atoms in total. The summed E-state index contributed by atoms with van der Waals surface area (Å²) in [5.74, 6) is 0.131. The molecule has 8 heteroatoms. The highest BCUT2D eigenvalue weighted by molar-refractivity contribution is 5.88. The summed E-state index contributed by atoms with van der Waals surface area (Å²) in [6.07, 6.45) is 7.32. The van der Waals surface area contributed by atoms with Gasteiger partial charge in [-0.3, -0.25) is 9.48 Å². The number of rotatable bonds is 3. The Kier molecular flexibility index (Phi) is 4.86. The molecule has 0 bridgehead atoms. The standard InChI is InChI=1S/C24H23N7O/c1-17(32)29-7-9-30(10-8-29)22-5-3-18(4-6-22)23-11-19(21-14-26-28(2)15-21)16-31-24(23)20(12-25)13-27-31/h3-6,11,13-16H,7-10H2,1-2H3. The zero-order valence-corrected chi connectivity index (χ0v) is 18.1. The Morgan fingerprint density at radius 3 is 2.34 bits per heavy atom. The minimum atomic E-state index is 0.131. The van der Waals surface area contributed by atoms with Gasteiger partial charge in [-0.15, -0.1) is 0 Å². The normalized spacial score (nSPS) is 14.0. The molecule has 0 N–H and O–H groups in total. The second-order valence-electron chi connectivity index (χ2n) is 8.05. The number of piperazine rings is 1. The van der Waals surface area contributed by atoms with E-state index in [-0.39, 0.29) is 5.91 Å². The van der Waals surface area contributed by atoms with Crippen molar-refractivity contribution in [3.8, 4) is 28.3 Å². The van der Waals surface area contributed by atoms with E-state index in [1.807, 2.05) is 30.5 Å². The molecule has 0 saturated carbocycles. The van der Waals surface area contributed by atoms with Gasteiger partial charge in [-0.1, -0.05) is 12.1 Å². The molecule has 5 rings (SSSR count). The van der Waals surface area contributed by atoms with Crippen LogP contribution in [0.2, 0.25) is 0 Å². The number of amides is 1. The maximum atomic E-state index is 11.6. The summed E-state index contributed by atoms with van der Waals surface area (Å²) in [6.45, 7) is 4.75. The second-order valence-corrected chi connectivity index (χ2v) is 8.05. The highest BCUT2D eigenvalue weighted by Gasteiger charge is 2.19. The molecule has 0 atom stereocenters. The molecule has 3 aromatic heterocycles. The van der Waals surface area contributed by atoms with E-state index in [1.54, 1.807) is 22.3 Å². The first-order valence-corrected chi connectivity index (χ1v) is 10.5. The van der Waals surface area contributed by atoms with Crippen molar-refractivity contribution in [3.05, 3.63) is 60.7 Å². The fourth-order valence-corrected chi connectivity index (χ4v) is 4.28. The van der Waals surface area contributed by atoms with E-state index in [0.29, 0.717) is 5.56 Å². The van der Waals surface area contributed by atoms with Gasteiger partial charge in [0.25, 0.3) is 0 Å². The number of carbonyl (C=O) groups is 1. The Morgan fingerprint density at radius 2 is 1.72 bits per heavy atom. The van der Waals surface area contributed by atoms with E-state index in [0.717, 1.165) is 59.6 Å². The third kappa shape index (κ3) is 3.48. The predicted octanol–water partition coefficient (Wildman–Crippen LogP) is 2.94. The first-order chi connectivity index (χ1) is 15.5. The quantitative estimate of drug-likeness (QED) is 0.504. The molecule has 4 aromatic rings. The highest BCUT2D eigenvalue weighted by atomic mass is 16.2. The average Bonchev–Trinajstić information content (AvgIpc) is 3.44. The molecule has 0 radical (unpaired) electrons. The lowest BCUT2D eigenvalue weighted by molar-refractivity contribution is -0.129. The lowest BCUT2D eigenvalue weighted by atomic mass is 9.99. The predicted molar refractivity (Wildman–Crippen MR) is 122 cm³/mol. The molecule has 160 valence electrons. The van der Waals surface area contributed by atoms with Crippen molar-refractivity contribution in [2.24, 2.45) is 7.05 Å². The van der Waals surface area contributed by atoms with Crippen LogP contribution in [0.4, 0.5) is 5.69 Å². The van der Waals surface area contributed by atoms with Crippen molar-refractivity contribution in [1.82, 2.24) is 24.3 Å². The Balaban J connectivity index is 1.52. The van der Waals surface area contributed by atoms with Crippen molar-refractivity contribution in [2.45, 2.75) is 6.92 Å². The molecule has 0 spiro atoms. The van der Waals surface area contributed by atoms with Gasteiger partial charge in [0.05, 0.1) is 23.5 Å². The molecule has 1 aliphatic rings. The van der Waals surface area contributed by atoms with E-state index in [2.05, 4.69) is 51.5 Å². The van der Waals surface area contributed by atoms with Crippen LogP contribution in [-0.2, 0) is 11.8 Å². The lowest BCUT2D eigenvalue weighted by Gasteiger charge is -2.35. The van der Waals surface area contributed by atoms with Gasteiger partial charge in [-0.05, 0) is 23.8 Å². The molecule has 4 heterocycles. The number of aryl methyl sites for hydroxylation is 1. The van der Waals surface area contributed by atoms with Crippen LogP contribution in [0, 0.1) is 11.3 Å². The molecule has 32 heavy (non-hydrogen) atoms. The molecule has 1 aromatic carbocycles. The van der Waals surface area contributed by atoms with Crippen LogP contribution in [0.1, 0.15) is 12.5 Å². The van der Waals surface area contributed by atoms with Gasteiger partial charge in [0.1, 0.15) is 6.07 Å². The molecule has 0 aliphatic carbocycles. The first-order valence-electron chi connectivity index (χ1n) is 10.5. The Labute approximate surface area is 185 Å². The summed E-state index contributed by atoms with van der Waals surface area (Å²) in [5.41, 5.74) is 6.41. The minimum absolute atomic E-state index is 0.131. The Bertz CT molecular complexity index is 1340. The molecule has 1 aliphatic heterocycles. The maximum absolute atomic E-state index is 11.6. The van der Waals surface area contributed by atoms with Gasteiger partial charge >= 0.3 is 0 Å². The fraction of sp³-hybridized carbons (Fsp3) is 0.250. The average molecular weight is 425 g/mol. The van der Waals surface area contributed by atoms with Gasteiger partial charge in [-0.25, -0.2) is 4.52 Å². The summed E-state index contributed by atoms with van der Waals surface area (Å²) in [7, 11) is 1.89. The summed E-state index contributed by atoms with van der Waals surface area (Å²) >= 11 is 0. The van der Waals surface area contributed by atoms with Gasteiger partial charge in [0.2, 0.25) is 5.91 Å². The number of nitriles is 1. The largest absolute Gasteiger partial charge is 0.368 e. The topological polar surface area (TPSA) is 82.5 Å². The molecule has 1 amide bonds. The number of aromatic nitrogens is 4. The van der Waals surface area contributed by atoms with Crippen LogP contribution in [0.25, 0.3) is 27.8 Å². The number of anilines is 1. The van der Waals surface area contributed by atoms with Crippen LogP contribution in [-0.4, -0.2) is 56.4 Å². The van der Waals surface area contributed by atoms with Gasteiger partial charge in [0, 0.05) is 74.9 Å². The number of benzene rings is 1. The Morgan fingerprint density at radius 1 is 0.969 bits per heavy atom. The fourth-order valence-electron chi connectivity index (χ4n) is 4.28. The second kappa shape index (κ2) is 7.85. The van der Waals surface area contributed by atoms with Crippen molar-refractivity contribution in [3.63, 3.8) is 0 Å². The number of hydrogen-bond donors (Lipinski definition) is 0. The Hall–Kier alpha value is -4.12. The molecule has 1 fully saturated rings. The van der Waals surface area contributed by atoms with Crippen LogP contribution in [0.5, 0.6) is 0 Å². The third-order valence-corrected chi connectivity index (χ3v) is 6.04. The van der Waals surface area contributed by atoms with Gasteiger partial charge in [-0.2, -0.15) is 15.5 Å². The number of nitrogens with zero attached hydrogens (tertiary/aromatic N) is 7. The summed E-state index contributed by atoms with van der Waals surface area (Å²) in [6, 6.07) is 12.7. The van der Waals surface area contributed by atoms with Crippen LogP contribution in [0.15, 0.2) is 55.1 Å². The van der Waals surface area contributed by atoms with Crippen molar-refractivity contribution in [1.29, 1.82) is 5.26 Å². The number of carbonyl (C=O) groups excluding carboxylic acids is 1. The number of fused-ring (bicyclic) bond motifs is 1. The van der Waals surface area contributed by atoms with Crippen molar-refractivity contribution in [2.75, 3.05) is 31.1 Å². The minimum Gasteiger partial charge on any atom is -0.368 e. The van der Waals surface area contributed by atoms with Gasteiger partial charge in [0.15, 0.2) is 0 Å². The van der Waals surface area contributed by atoms with Crippen molar-refractivity contribution >= 4 is 17.1 Å². The number of hydrogen-bond acceptors (Lipinski definition) is 5. The summed E-state index contributed by atoms with van der Waals surface area (Å²) < 4.78 is 3.54. The molecule has 1 saturated heterocycles. The van der Waals surface area contributed by atoms with E-state index in [1.165, 1.54) is 0 Å². The first kappa shape index (κ1) is 19.8. The molecular formula is C24H23N7O. The zero-order valence-electron chi connectivity index (χ0n) is 18.1. The van der Waals surface area contributed by atoms with Crippen molar-refractivity contribution < 1.29 is 4.79 Å². The summed E-state index contributed by atoms with van der Waals surface area (Å²) in [5, 5.41) is 18.3. The SMILES string of the molecule is CC(=O)N1CCN(c2ccc(-c3cc(-c4cnn(C)c4)cn4ncc(C#N)c34)cc2)CC1. The van der Waals surface area contributed by atoms with E-state index in [9.17, 15) is 10.1 Å². The number of pyridine rings is 1. The maximum Gasteiger partial charge on any atom is 0.219 e. The summed E-state index contributed by atoms with van der Waals surface area (Å²) in [4.78, 5) is 15.8. The highest BCUT2D eigenvalue weighted by Crippen LogP contribution is 2.33. The molecular weight excluding hydrogens is 402 g/mol. The monoisotopic (exact) mass is 425 g/mol. The van der Waals surface area contributed by atoms with Gasteiger partial charge < -0.3 is 9.80 Å². The lowest BCUT2D eigenvalue weighted by Crippen LogP contribution is -2.48. The van der Waals surface area contributed by atoms with Crippen LogP contribution >= 0.6 is 0 Å². The molecule has 0 unspecified atom stereocenters.